The molecule has 0 saturated heterocycles. The number of hydrogen-bond donors (Lipinski definition) is 2. The summed E-state index contributed by atoms with van der Waals surface area (Å²) in [4.78, 5) is 32.9. The summed E-state index contributed by atoms with van der Waals surface area (Å²) in [5.41, 5.74) is 1.05. The van der Waals surface area contributed by atoms with Crippen LogP contribution in [0.5, 0.6) is 0 Å². The Morgan fingerprint density at radius 2 is 2.00 bits per heavy atom. The number of hydrogen-bond acceptors (Lipinski definition) is 4. The van der Waals surface area contributed by atoms with Crippen LogP contribution in [0.25, 0.3) is 0 Å². The fourth-order valence-electron chi connectivity index (χ4n) is 1.24. The molecular weight excluding hydrogens is 254 g/mol. The van der Waals surface area contributed by atoms with Crippen molar-refractivity contribution in [2.45, 2.75) is 6.92 Å². The van der Waals surface area contributed by atoms with Crippen molar-refractivity contribution in [3.05, 3.63) is 29.8 Å². The first-order valence-corrected chi connectivity index (χ1v) is 6.35. The average Bonchev–Trinajstić information content (AvgIpc) is 2.28. The Hall–Kier alpha value is -1.82. The molecule has 0 spiro atoms. The van der Waals surface area contributed by atoms with Crippen LogP contribution in [0.2, 0.25) is 0 Å². The number of carbonyl (C=O) groups excluding carboxylic acids is 2. The zero-order chi connectivity index (χ0) is 13.5. The molecule has 0 aliphatic heterocycles. The van der Waals surface area contributed by atoms with Gasteiger partial charge in [0.05, 0.1) is 11.5 Å². The molecule has 1 amide bonds. The number of Topliss-reactive ketones (excluding diaryl/α,β-unsaturated/α-hetero) is 1. The summed E-state index contributed by atoms with van der Waals surface area (Å²) in [6, 6.07) is 6.60. The molecule has 0 radical (unpaired) electrons. The van der Waals surface area contributed by atoms with Crippen molar-refractivity contribution in [2.75, 3.05) is 16.8 Å². The molecule has 18 heavy (non-hydrogen) atoms. The van der Waals surface area contributed by atoms with Crippen LogP contribution in [0.4, 0.5) is 5.69 Å². The Balaban J connectivity index is 2.51. The standard InChI is InChI=1S/C12H13NO4S/c1-8(14)9-3-2-4-10(5-9)13-11(15)6-18-7-12(16)17/h2-5H,6-7H2,1H3,(H,13,15)(H,16,17). The predicted molar refractivity (Wildman–Crippen MR) is 70.0 cm³/mol. The van der Waals surface area contributed by atoms with Gasteiger partial charge in [0.1, 0.15) is 0 Å². The maximum atomic E-state index is 11.5. The van der Waals surface area contributed by atoms with Crippen LogP contribution in [-0.2, 0) is 9.59 Å². The summed E-state index contributed by atoms with van der Waals surface area (Å²) < 4.78 is 0. The van der Waals surface area contributed by atoms with Gasteiger partial charge in [-0.3, -0.25) is 14.4 Å². The van der Waals surface area contributed by atoms with Crippen molar-refractivity contribution in [3.8, 4) is 0 Å². The fourth-order valence-corrected chi connectivity index (χ4v) is 1.78. The number of ketones is 1. The fraction of sp³-hybridized carbons (Fsp3) is 0.250. The van der Waals surface area contributed by atoms with Gasteiger partial charge in [0.25, 0.3) is 0 Å². The third-order valence-electron chi connectivity index (χ3n) is 2.01. The molecule has 0 heterocycles. The van der Waals surface area contributed by atoms with E-state index in [0.29, 0.717) is 11.3 Å². The lowest BCUT2D eigenvalue weighted by Gasteiger charge is -2.05. The minimum atomic E-state index is -0.952. The van der Waals surface area contributed by atoms with Gasteiger partial charge in [-0.05, 0) is 19.1 Å². The Kier molecular flexibility index (Phi) is 5.38. The van der Waals surface area contributed by atoms with Crippen molar-refractivity contribution in [2.24, 2.45) is 0 Å². The van der Waals surface area contributed by atoms with Crippen LogP contribution >= 0.6 is 11.8 Å². The SMILES string of the molecule is CC(=O)c1cccc(NC(=O)CSCC(=O)O)c1. The highest BCUT2D eigenvalue weighted by Crippen LogP contribution is 2.12. The van der Waals surface area contributed by atoms with E-state index in [9.17, 15) is 14.4 Å². The molecule has 0 atom stereocenters. The van der Waals surface area contributed by atoms with E-state index in [1.54, 1.807) is 24.3 Å². The number of rotatable bonds is 6. The Bertz CT molecular complexity index is 473. The summed E-state index contributed by atoms with van der Waals surface area (Å²) in [5.74, 6) is -1.36. The van der Waals surface area contributed by atoms with Crippen molar-refractivity contribution in [1.29, 1.82) is 0 Å². The normalized spacial score (nSPS) is 9.83. The number of amides is 1. The molecule has 1 rings (SSSR count). The zero-order valence-corrected chi connectivity index (χ0v) is 10.6. The summed E-state index contributed by atoms with van der Waals surface area (Å²) in [7, 11) is 0. The first-order chi connectivity index (χ1) is 8.49. The number of carboxylic acid groups (broad SMARTS) is 1. The number of nitrogens with one attached hydrogen (secondary N) is 1. The number of thioether (sulfide) groups is 1. The second-order valence-electron chi connectivity index (χ2n) is 3.57. The van der Waals surface area contributed by atoms with Gasteiger partial charge in [0.15, 0.2) is 5.78 Å². The average molecular weight is 267 g/mol. The highest BCUT2D eigenvalue weighted by Gasteiger charge is 2.06. The molecule has 0 aliphatic carbocycles. The molecule has 0 aromatic heterocycles. The van der Waals surface area contributed by atoms with E-state index in [0.717, 1.165) is 11.8 Å². The Morgan fingerprint density at radius 3 is 2.61 bits per heavy atom. The van der Waals surface area contributed by atoms with Gasteiger partial charge in [-0.1, -0.05) is 12.1 Å². The largest absolute Gasteiger partial charge is 0.481 e. The van der Waals surface area contributed by atoms with Crippen LogP contribution in [-0.4, -0.2) is 34.3 Å². The number of carboxylic acids is 1. The monoisotopic (exact) mass is 267 g/mol. The van der Waals surface area contributed by atoms with Crippen LogP contribution in [0, 0.1) is 0 Å². The maximum Gasteiger partial charge on any atom is 0.313 e. The van der Waals surface area contributed by atoms with E-state index in [-0.39, 0.29) is 23.2 Å². The molecule has 0 unspecified atom stereocenters. The Labute approximate surface area is 109 Å². The molecule has 1 aromatic rings. The van der Waals surface area contributed by atoms with Crippen LogP contribution in [0.15, 0.2) is 24.3 Å². The third kappa shape index (κ3) is 5.01. The number of aliphatic carboxylic acids is 1. The third-order valence-corrected chi connectivity index (χ3v) is 2.93. The minimum absolute atomic E-state index is 0.0661. The topological polar surface area (TPSA) is 83.5 Å². The lowest BCUT2D eigenvalue weighted by atomic mass is 10.1. The quantitative estimate of drug-likeness (QED) is 0.766. The summed E-state index contributed by atoms with van der Waals surface area (Å²) in [6.45, 7) is 1.45. The first-order valence-electron chi connectivity index (χ1n) is 5.19. The van der Waals surface area contributed by atoms with Crippen molar-refractivity contribution in [1.82, 2.24) is 0 Å². The van der Waals surface area contributed by atoms with E-state index >= 15 is 0 Å². The minimum Gasteiger partial charge on any atom is -0.481 e. The number of benzene rings is 1. The smallest absolute Gasteiger partial charge is 0.313 e. The Morgan fingerprint density at radius 1 is 1.28 bits per heavy atom. The van der Waals surface area contributed by atoms with E-state index in [1.807, 2.05) is 0 Å². The molecule has 0 bridgehead atoms. The molecule has 6 heteroatoms. The molecule has 96 valence electrons. The maximum absolute atomic E-state index is 11.5. The first kappa shape index (κ1) is 14.2. The van der Waals surface area contributed by atoms with Crippen LogP contribution in [0.3, 0.4) is 0 Å². The predicted octanol–water partition coefficient (Wildman–Crippen LogP) is 1.65. The van der Waals surface area contributed by atoms with E-state index in [2.05, 4.69) is 5.32 Å². The van der Waals surface area contributed by atoms with E-state index in [1.165, 1.54) is 6.92 Å². The van der Waals surface area contributed by atoms with Gasteiger partial charge in [0, 0.05) is 11.3 Å². The second-order valence-corrected chi connectivity index (χ2v) is 4.56. The second kappa shape index (κ2) is 6.80. The van der Waals surface area contributed by atoms with Gasteiger partial charge < -0.3 is 10.4 Å². The highest BCUT2D eigenvalue weighted by molar-refractivity contribution is 8.00. The van der Waals surface area contributed by atoms with Crippen LogP contribution < -0.4 is 5.32 Å². The van der Waals surface area contributed by atoms with Gasteiger partial charge in [0.2, 0.25) is 5.91 Å². The lowest BCUT2D eigenvalue weighted by Crippen LogP contribution is -2.15. The van der Waals surface area contributed by atoms with Crippen LogP contribution in [0.1, 0.15) is 17.3 Å². The highest BCUT2D eigenvalue weighted by atomic mass is 32.2. The summed E-state index contributed by atoms with van der Waals surface area (Å²) >= 11 is 1.02. The molecule has 0 fully saturated rings. The van der Waals surface area contributed by atoms with Gasteiger partial charge in [-0.15, -0.1) is 11.8 Å². The molecule has 1 aromatic carbocycles. The van der Waals surface area contributed by atoms with Crippen molar-refractivity contribution >= 4 is 35.1 Å². The number of anilines is 1. The summed E-state index contributed by atoms with van der Waals surface area (Å²) in [6.07, 6.45) is 0. The molecule has 0 saturated carbocycles. The van der Waals surface area contributed by atoms with Gasteiger partial charge in [-0.2, -0.15) is 0 Å². The van der Waals surface area contributed by atoms with Crippen molar-refractivity contribution in [3.63, 3.8) is 0 Å². The van der Waals surface area contributed by atoms with Gasteiger partial charge in [-0.25, -0.2) is 0 Å². The zero-order valence-electron chi connectivity index (χ0n) is 9.80. The van der Waals surface area contributed by atoms with Crippen molar-refractivity contribution < 1.29 is 19.5 Å². The molecule has 5 nitrogen and oxygen atoms in total. The molecular formula is C12H13NO4S. The lowest BCUT2D eigenvalue weighted by molar-refractivity contribution is -0.133. The van der Waals surface area contributed by atoms with E-state index < -0.39 is 5.97 Å². The van der Waals surface area contributed by atoms with Gasteiger partial charge >= 0.3 is 5.97 Å². The molecule has 0 aliphatic rings. The summed E-state index contributed by atoms with van der Waals surface area (Å²) in [5, 5.41) is 11.0. The number of carbonyl (C=O) groups is 3. The van der Waals surface area contributed by atoms with E-state index in [4.69, 9.17) is 5.11 Å². The molecule has 2 N–H and O–H groups in total.